The van der Waals surface area contributed by atoms with Crippen LogP contribution in [0, 0.1) is 11.3 Å². The minimum atomic E-state index is -0.832. The number of thioether (sulfide) groups is 2. The quantitative estimate of drug-likeness (QED) is 0.217. The molecule has 0 amide bonds. The van der Waals surface area contributed by atoms with E-state index in [0.29, 0.717) is 14.0 Å². The van der Waals surface area contributed by atoms with Crippen LogP contribution in [-0.2, 0) is 23.8 Å². The van der Waals surface area contributed by atoms with Gasteiger partial charge in [0, 0.05) is 6.08 Å². The third-order valence-corrected chi connectivity index (χ3v) is 5.72. The lowest BCUT2D eigenvalue weighted by molar-refractivity contribution is -0.141. The van der Waals surface area contributed by atoms with E-state index in [1.165, 1.54) is 12.1 Å². The number of carbonyl (C=O) groups is 2. The number of hydrogen-bond donors (Lipinski definition) is 2. The molecule has 0 radical (unpaired) electrons. The number of hydrogen-bond acceptors (Lipinski definition) is 10. The van der Waals surface area contributed by atoms with E-state index in [4.69, 9.17) is 14.2 Å². The SMILES string of the molecule is C=CC(=O)OCCOCCOC(=O)C(C#N)=C1Sc2c(O)ccc(O)c2S1. The van der Waals surface area contributed by atoms with Crippen molar-refractivity contribution >= 4 is 35.5 Å². The number of rotatable bonds is 8. The van der Waals surface area contributed by atoms with Gasteiger partial charge in [0.2, 0.25) is 0 Å². The van der Waals surface area contributed by atoms with Crippen LogP contribution < -0.4 is 0 Å². The van der Waals surface area contributed by atoms with E-state index >= 15 is 0 Å². The van der Waals surface area contributed by atoms with Crippen LogP contribution in [0.2, 0.25) is 0 Å². The highest BCUT2D eigenvalue weighted by molar-refractivity contribution is 8.24. The average molecular weight is 409 g/mol. The second-order valence-electron chi connectivity index (χ2n) is 4.86. The first kappa shape index (κ1) is 20.7. The van der Waals surface area contributed by atoms with Gasteiger partial charge in [-0.05, 0) is 12.1 Å². The molecule has 0 spiro atoms. The van der Waals surface area contributed by atoms with Crippen LogP contribution in [-0.4, -0.2) is 48.6 Å². The third-order valence-electron chi connectivity index (χ3n) is 3.08. The lowest BCUT2D eigenvalue weighted by atomic mass is 10.3. The lowest BCUT2D eigenvalue weighted by Gasteiger charge is -2.06. The number of phenols is 2. The van der Waals surface area contributed by atoms with Crippen molar-refractivity contribution in [3.8, 4) is 17.6 Å². The first-order chi connectivity index (χ1) is 13.0. The Morgan fingerprint density at radius 1 is 1.07 bits per heavy atom. The molecule has 1 aromatic rings. The average Bonchev–Trinajstić information content (AvgIpc) is 3.10. The van der Waals surface area contributed by atoms with Crippen molar-refractivity contribution in [3.05, 3.63) is 34.6 Å². The topological polar surface area (TPSA) is 126 Å². The normalized spacial score (nSPS) is 12.0. The minimum Gasteiger partial charge on any atom is -0.507 e. The van der Waals surface area contributed by atoms with E-state index in [9.17, 15) is 25.1 Å². The van der Waals surface area contributed by atoms with Crippen molar-refractivity contribution in [3.63, 3.8) is 0 Å². The lowest BCUT2D eigenvalue weighted by Crippen LogP contribution is -2.15. The Hall–Kier alpha value is -2.61. The van der Waals surface area contributed by atoms with Gasteiger partial charge in [-0.2, -0.15) is 5.26 Å². The second kappa shape index (κ2) is 9.91. The molecule has 2 rings (SSSR count). The molecule has 2 N–H and O–H groups in total. The number of nitrogens with zero attached hydrogens (tertiary/aromatic N) is 1. The van der Waals surface area contributed by atoms with Crippen molar-refractivity contribution in [2.75, 3.05) is 26.4 Å². The number of ether oxygens (including phenoxy) is 3. The molecule has 0 aliphatic carbocycles. The Morgan fingerprint density at radius 3 is 2.15 bits per heavy atom. The summed E-state index contributed by atoms with van der Waals surface area (Å²) in [4.78, 5) is 23.7. The van der Waals surface area contributed by atoms with E-state index in [2.05, 4.69) is 6.58 Å². The van der Waals surface area contributed by atoms with E-state index in [1.54, 1.807) is 6.07 Å². The first-order valence-corrected chi connectivity index (χ1v) is 9.20. The summed E-state index contributed by atoms with van der Waals surface area (Å²) < 4.78 is 15.1. The zero-order valence-electron chi connectivity index (χ0n) is 14.0. The van der Waals surface area contributed by atoms with Gasteiger partial charge in [0.05, 0.1) is 27.2 Å². The van der Waals surface area contributed by atoms with Crippen LogP contribution in [0.4, 0.5) is 0 Å². The van der Waals surface area contributed by atoms with E-state index in [1.807, 2.05) is 0 Å². The molecule has 0 saturated heterocycles. The van der Waals surface area contributed by atoms with Gasteiger partial charge in [-0.3, -0.25) is 0 Å². The van der Waals surface area contributed by atoms with Gasteiger partial charge in [-0.25, -0.2) is 9.59 Å². The number of benzene rings is 1. The molecule has 0 atom stereocenters. The fourth-order valence-electron chi connectivity index (χ4n) is 1.85. The van der Waals surface area contributed by atoms with Gasteiger partial charge in [0.25, 0.3) is 0 Å². The number of carbonyl (C=O) groups excluding carboxylic acids is 2. The molecule has 8 nitrogen and oxygen atoms in total. The van der Waals surface area contributed by atoms with Crippen LogP contribution in [0.1, 0.15) is 0 Å². The molecule has 1 aromatic carbocycles. The highest BCUT2D eigenvalue weighted by Crippen LogP contribution is 2.58. The van der Waals surface area contributed by atoms with Crippen molar-refractivity contribution < 1.29 is 34.0 Å². The Bertz CT molecular complexity index is 796. The maximum absolute atomic E-state index is 12.1. The molecule has 1 aliphatic rings. The summed E-state index contributed by atoms with van der Waals surface area (Å²) >= 11 is 2.03. The molecule has 1 aliphatic heterocycles. The predicted molar refractivity (Wildman–Crippen MR) is 97.1 cm³/mol. The molecule has 27 heavy (non-hydrogen) atoms. The van der Waals surface area contributed by atoms with Crippen LogP contribution in [0.25, 0.3) is 0 Å². The zero-order valence-corrected chi connectivity index (χ0v) is 15.6. The largest absolute Gasteiger partial charge is 0.507 e. The number of aromatic hydroxyl groups is 2. The Morgan fingerprint density at radius 2 is 1.63 bits per heavy atom. The highest BCUT2D eigenvalue weighted by Gasteiger charge is 2.29. The van der Waals surface area contributed by atoms with Crippen LogP contribution in [0.3, 0.4) is 0 Å². The summed E-state index contributed by atoms with van der Waals surface area (Å²) in [6, 6.07) is 4.45. The maximum Gasteiger partial charge on any atom is 0.350 e. The minimum absolute atomic E-state index is 0.0464. The molecule has 0 unspecified atom stereocenters. The number of nitriles is 1. The monoisotopic (exact) mass is 409 g/mol. The Kier molecular flexibility index (Phi) is 7.60. The van der Waals surface area contributed by atoms with Crippen molar-refractivity contribution in [1.82, 2.24) is 0 Å². The van der Waals surface area contributed by atoms with Crippen LogP contribution in [0.15, 0.2) is 44.4 Å². The van der Waals surface area contributed by atoms with Crippen LogP contribution >= 0.6 is 23.5 Å². The number of phenolic OH excluding ortho intramolecular Hbond substituents is 2. The van der Waals surface area contributed by atoms with Crippen LogP contribution in [0.5, 0.6) is 11.5 Å². The fraction of sp³-hybridized carbons (Fsp3) is 0.235. The summed E-state index contributed by atoms with van der Waals surface area (Å²) in [6.45, 7) is 3.40. The molecule has 0 fully saturated rings. The molecular formula is C17H15NO7S2. The van der Waals surface area contributed by atoms with Crippen molar-refractivity contribution in [2.24, 2.45) is 0 Å². The molecule has 0 saturated carbocycles. The van der Waals surface area contributed by atoms with E-state index < -0.39 is 11.9 Å². The standard InChI is InChI=1S/C17H15NO7S2/c1-2-13(21)24-7-5-23-6-8-25-16(22)10(9-18)17-26-14-11(19)3-4-12(20)15(14)27-17/h2-4,19-20H,1,5-8H2. The summed E-state index contributed by atoms with van der Waals surface area (Å²) in [5.41, 5.74) is -0.222. The molecule has 1 heterocycles. The summed E-state index contributed by atoms with van der Waals surface area (Å²) in [6.07, 6.45) is 1.04. The summed E-state index contributed by atoms with van der Waals surface area (Å²) in [7, 11) is 0. The summed E-state index contributed by atoms with van der Waals surface area (Å²) in [5.74, 6) is -1.49. The predicted octanol–water partition coefficient (Wildman–Crippen LogP) is 2.32. The fourth-order valence-corrected chi connectivity index (χ4v) is 4.34. The summed E-state index contributed by atoms with van der Waals surface area (Å²) in [5, 5.41) is 29.0. The van der Waals surface area contributed by atoms with Gasteiger partial charge < -0.3 is 24.4 Å². The Labute approximate surface area is 163 Å². The zero-order chi connectivity index (χ0) is 19.8. The molecule has 10 heteroatoms. The highest BCUT2D eigenvalue weighted by atomic mass is 32.2. The smallest absolute Gasteiger partial charge is 0.350 e. The molecular weight excluding hydrogens is 394 g/mol. The second-order valence-corrected chi connectivity index (χ2v) is 7.16. The van der Waals surface area contributed by atoms with Gasteiger partial charge in [-0.15, -0.1) is 0 Å². The number of esters is 2. The molecule has 0 aromatic heterocycles. The van der Waals surface area contributed by atoms with E-state index in [0.717, 1.165) is 29.6 Å². The van der Waals surface area contributed by atoms with Gasteiger partial charge in [-0.1, -0.05) is 30.1 Å². The van der Waals surface area contributed by atoms with Gasteiger partial charge >= 0.3 is 11.9 Å². The maximum atomic E-state index is 12.1. The molecule has 0 bridgehead atoms. The van der Waals surface area contributed by atoms with Gasteiger partial charge in [0.15, 0.2) is 5.57 Å². The number of fused-ring (bicyclic) bond motifs is 1. The third kappa shape index (κ3) is 5.43. The molecule has 142 valence electrons. The van der Waals surface area contributed by atoms with Crippen molar-refractivity contribution in [2.45, 2.75) is 9.79 Å². The van der Waals surface area contributed by atoms with Gasteiger partial charge in [0.1, 0.15) is 30.8 Å². The Balaban J connectivity index is 1.85. The first-order valence-electron chi connectivity index (χ1n) is 7.57. The van der Waals surface area contributed by atoms with E-state index in [-0.39, 0.29) is 43.5 Å². The van der Waals surface area contributed by atoms with Crippen molar-refractivity contribution in [1.29, 1.82) is 5.26 Å².